The van der Waals surface area contributed by atoms with Crippen LogP contribution in [0.5, 0.6) is 11.5 Å². The third-order valence-electron chi connectivity index (χ3n) is 5.53. The Kier molecular flexibility index (Phi) is 7.07. The number of fused-ring (bicyclic) bond motifs is 1. The topological polar surface area (TPSA) is 103 Å². The van der Waals surface area contributed by atoms with E-state index in [-0.39, 0.29) is 17.3 Å². The number of hydrogen-bond donors (Lipinski definition) is 1. The molecule has 1 heterocycles. The van der Waals surface area contributed by atoms with Crippen molar-refractivity contribution in [1.82, 2.24) is 9.97 Å². The SMILES string of the molecule is COCCOc1cc2ncnc(NC3=CC(=O)C(N(C)c4cccc(C)c4)=CC3=O)c2cc1OC. The summed E-state index contributed by atoms with van der Waals surface area (Å²) in [6.45, 7) is 2.75. The average Bonchev–Trinajstić information content (AvgIpc) is 2.85. The first kappa shape index (κ1) is 23.9. The number of carbonyl (C=O) groups excluding carboxylic acids is 2. The molecule has 180 valence electrons. The molecule has 1 aromatic heterocycles. The number of nitrogens with one attached hydrogen (secondary N) is 1. The van der Waals surface area contributed by atoms with Crippen LogP contribution in [0.1, 0.15) is 5.56 Å². The first-order valence-corrected chi connectivity index (χ1v) is 10.9. The summed E-state index contributed by atoms with van der Waals surface area (Å²) >= 11 is 0. The van der Waals surface area contributed by atoms with Crippen LogP contribution in [0.2, 0.25) is 0 Å². The van der Waals surface area contributed by atoms with Crippen molar-refractivity contribution in [3.8, 4) is 11.5 Å². The van der Waals surface area contributed by atoms with Gasteiger partial charge in [0.15, 0.2) is 11.5 Å². The molecular formula is C26H26N4O5. The smallest absolute Gasteiger partial charge is 0.204 e. The lowest BCUT2D eigenvalue weighted by molar-refractivity contribution is -0.115. The number of ketones is 2. The molecule has 0 radical (unpaired) electrons. The monoisotopic (exact) mass is 474 g/mol. The van der Waals surface area contributed by atoms with E-state index in [9.17, 15) is 9.59 Å². The van der Waals surface area contributed by atoms with E-state index in [0.717, 1.165) is 11.3 Å². The zero-order valence-corrected chi connectivity index (χ0v) is 20.0. The highest BCUT2D eigenvalue weighted by Crippen LogP contribution is 2.34. The van der Waals surface area contributed by atoms with Crippen LogP contribution in [-0.2, 0) is 14.3 Å². The molecule has 4 rings (SSSR count). The van der Waals surface area contributed by atoms with Crippen molar-refractivity contribution in [2.45, 2.75) is 6.92 Å². The summed E-state index contributed by atoms with van der Waals surface area (Å²) in [5, 5.41) is 3.60. The molecule has 9 heteroatoms. The number of anilines is 2. The Morgan fingerprint density at radius 1 is 0.971 bits per heavy atom. The highest BCUT2D eigenvalue weighted by Gasteiger charge is 2.25. The number of aromatic nitrogens is 2. The molecule has 0 saturated carbocycles. The van der Waals surface area contributed by atoms with E-state index < -0.39 is 0 Å². The van der Waals surface area contributed by atoms with Crippen molar-refractivity contribution in [2.75, 3.05) is 44.7 Å². The van der Waals surface area contributed by atoms with Gasteiger partial charge in [-0.15, -0.1) is 0 Å². The van der Waals surface area contributed by atoms with Crippen LogP contribution < -0.4 is 19.7 Å². The summed E-state index contributed by atoms with van der Waals surface area (Å²) < 4.78 is 16.2. The van der Waals surface area contributed by atoms with Gasteiger partial charge in [0, 0.05) is 43.4 Å². The Balaban J connectivity index is 1.60. The molecule has 0 spiro atoms. The summed E-state index contributed by atoms with van der Waals surface area (Å²) in [4.78, 5) is 36.1. The Morgan fingerprint density at radius 2 is 1.80 bits per heavy atom. The first-order chi connectivity index (χ1) is 16.9. The predicted molar refractivity (Wildman–Crippen MR) is 133 cm³/mol. The molecule has 1 aliphatic rings. The van der Waals surface area contributed by atoms with Crippen LogP contribution in [0.3, 0.4) is 0 Å². The third kappa shape index (κ3) is 5.15. The van der Waals surface area contributed by atoms with Gasteiger partial charge in [-0.25, -0.2) is 9.97 Å². The molecule has 1 N–H and O–H groups in total. The second-order valence-corrected chi connectivity index (χ2v) is 7.92. The van der Waals surface area contributed by atoms with Gasteiger partial charge in [0.05, 0.1) is 30.6 Å². The zero-order valence-electron chi connectivity index (χ0n) is 20.0. The summed E-state index contributed by atoms with van der Waals surface area (Å²) in [7, 11) is 4.88. The van der Waals surface area contributed by atoms with E-state index in [1.807, 2.05) is 31.2 Å². The Hall–Kier alpha value is -4.24. The number of methoxy groups -OCH3 is 2. The minimum Gasteiger partial charge on any atom is -0.493 e. The number of carbonyl (C=O) groups is 2. The van der Waals surface area contributed by atoms with E-state index >= 15 is 0 Å². The highest BCUT2D eigenvalue weighted by atomic mass is 16.5. The van der Waals surface area contributed by atoms with Crippen LogP contribution in [-0.4, -0.2) is 56.0 Å². The lowest BCUT2D eigenvalue weighted by atomic mass is 10.0. The van der Waals surface area contributed by atoms with E-state index in [0.29, 0.717) is 47.1 Å². The molecule has 35 heavy (non-hydrogen) atoms. The molecule has 0 atom stereocenters. The van der Waals surface area contributed by atoms with Crippen LogP contribution in [0.4, 0.5) is 11.5 Å². The lowest BCUT2D eigenvalue weighted by Crippen LogP contribution is -2.28. The standard InChI is InChI=1S/C26H26N4O5/c1-16-6-5-7-17(10-16)30(2)21-14-22(31)20(12-23(21)32)29-26-18-11-24(34-4)25(35-9-8-33-3)13-19(18)27-15-28-26/h5-7,10-15H,8-9H2,1-4H3,(H,27,28,29). The van der Waals surface area contributed by atoms with Crippen molar-refractivity contribution >= 4 is 34.0 Å². The fourth-order valence-corrected chi connectivity index (χ4v) is 3.68. The first-order valence-electron chi connectivity index (χ1n) is 10.9. The number of aryl methyl sites for hydroxylation is 1. The van der Waals surface area contributed by atoms with Crippen molar-refractivity contribution in [1.29, 1.82) is 0 Å². The van der Waals surface area contributed by atoms with Gasteiger partial charge in [0.2, 0.25) is 11.6 Å². The molecule has 0 fully saturated rings. The number of ether oxygens (including phenoxy) is 3. The summed E-state index contributed by atoms with van der Waals surface area (Å²) in [6.07, 6.45) is 3.99. The van der Waals surface area contributed by atoms with E-state index in [4.69, 9.17) is 14.2 Å². The fourth-order valence-electron chi connectivity index (χ4n) is 3.68. The summed E-state index contributed by atoms with van der Waals surface area (Å²) in [5.74, 6) is 0.733. The lowest BCUT2D eigenvalue weighted by Gasteiger charge is -2.24. The van der Waals surface area contributed by atoms with Crippen LogP contribution >= 0.6 is 0 Å². The molecule has 0 bridgehead atoms. The normalized spacial score (nSPS) is 13.4. The molecule has 0 amide bonds. The van der Waals surface area contributed by atoms with Gasteiger partial charge in [-0.2, -0.15) is 0 Å². The average molecular weight is 475 g/mol. The molecule has 1 aliphatic carbocycles. The largest absolute Gasteiger partial charge is 0.493 e. The second-order valence-electron chi connectivity index (χ2n) is 7.92. The van der Waals surface area contributed by atoms with Gasteiger partial charge < -0.3 is 24.4 Å². The summed E-state index contributed by atoms with van der Waals surface area (Å²) in [6, 6.07) is 11.2. The number of allylic oxidation sites excluding steroid dienone is 2. The van der Waals surface area contributed by atoms with E-state index in [1.165, 1.54) is 25.6 Å². The molecule has 3 aromatic rings. The molecule has 0 saturated heterocycles. The van der Waals surface area contributed by atoms with Crippen molar-refractivity contribution in [2.24, 2.45) is 0 Å². The Morgan fingerprint density at radius 3 is 2.54 bits per heavy atom. The molecular weight excluding hydrogens is 448 g/mol. The van der Waals surface area contributed by atoms with Gasteiger partial charge in [0.1, 0.15) is 18.8 Å². The quantitative estimate of drug-likeness (QED) is 0.369. The molecule has 2 aromatic carbocycles. The van der Waals surface area contributed by atoms with Gasteiger partial charge in [-0.05, 0) is 30.7 Å². The minimum absolute atomic E-state index is 0.121. The van der Waals surface area contributed by atoms with Crippen molar-refractivity contribution < 1.29 is 23.8 Å². The van der Waals surface area contributed by atoms with Crippen molar-refractivity contribution in [3.05, 3.63) is 71.8 Å². The maximum Gasteiger partial charge on any atom is 0.204 e. The second kappa shape index (κ2) is 10.4. The molecule has 9 nitrogen and oxygen atoms in total. The third-order valence-corrected chi connectivity index (χ3v) is 5.53. The number of nitrogens with zero attached hydrogens (tertiary/aromatic N) is 3. The maximum atomic E-state index is 12.9. The van der Waals surface area contributed by atoms with E-state index in [1.54, 1.807) is 31.2 Å². The van der Waals surface area contributed by atoms with Crippen LogP contribution in [0.25, 0.3) is 10.9 Å². The van der Waals surface area contributed by atoms with Gasteiger partial charge in [-0.1, -0.05) is 12.1 Å². The molecule has 0 unspecified atom stereocenters. The predicted octanol–water partition coefficient (Wildman–Crippen LogP) is 3.44. The summed E-state index contributed by atoms with van der Waals surface area (Å²) in [5.41, 5.74) is 2.87. The van der Waals surface area contributed by atoms with Crippen LogP contribution in [0.15, 0.2) is 66.3 Å². The molecule has 0 aliphatic heterocycles. The fraction of sp³-hybridized carbons (Fsp3) is 0.231. The van der Waals surface area contributed by atoms with Crippen LogP contribution in [0, 0.1) is 6.92 Å². The Labute approximate surface area is 203 Å². The maximum absolute atomic E-state index is 12.9. The van der Waals surface area contributed by atoms with E-state index in [2.05, 4.69) is 15.3 Å². The number of rotatable bonds is 9. The zero-order chi connectivity index (χ0) is 24.9. The Bertz CT molecular complexity index is 1350. The minimum atomic E-state index is -0.336. The number of hydrogen-bond acceptors (Lipinski definition) is 9. The number of benzene rings is 2. The van der Waals surface area contributed by atoms with Gasteiger partial charge >= 0.3 is 0 Å². The van der Waals surface area contributed by atoms with Gasteiger partial charge in [0.25, 0.3) is 0 Å². The number of likely N-dealkylation sites (N-methyl/N-ethyl adjacent to an activating group) is 1. The van der Waals surface area contributed by atoms with Crippen molar-refractivity contribution in [3.63, 3.8) is 0 Å². The highest BCUT2D eigenvalue weighted by molar-refractivity contribution is 6.22. The van der Waals surface area contributed by atoms with Gasteiger partial charge in [-0.3, -0.25) is 9.59 Å².